The van der Waals surface area contributed by atoms with Gasteiger partial charge >= 0.3 is 0 Å². The quantitative estimate of drug-likeness (QED) is 0.553. The molecule has 0 fully saturated rings. The number of anilines is 2. The van der Waals surface area contributed by atoms with Crippen LogP contribution in [-0.4, -0.2) is 18.2 Å². The Morgan fingerprint density at radius 1 is 1.33 bits per heavy atom. The Labute approximate surface area is 105 Å². The minimum Gasteiger partial charge on any atom is -0.323 e. The van der Waals surface area contributed by atoms with Gasteiger partial charge in [-0.1, -0.05) is 12.1 Å². The molecule has 4 N–H and O–H groups in total. The third kappa shape index (κ3) is 2.44. The molecule has 96 valence electrons. The van der Waals surface area contributed by atoms with Crippen molar-refractivity contribution < 1.29 is 8.42 Å². The van der Waals surface area contributed by atoms with Crippen molar-refractivity contribution in [1.82, 2.24) is 9.78 Å². The summed E-state index contributed by atoms with van der Waals surface area (Å²) in [6.07, 6.45) is 2.99. The SMILES string of the molecule is Cn1cc(NS(=O)(=O)c2ccccc2NN)cn1. The number of nitrogens with one attached hydrogen (secondary N) is 2. The van der Waals surface area contributed by atoms with Crippen molar-refractivity contribution in [3.05, 3.63) is 36.7 Å². The third-order valence-corrected chi connectivity index (χ3v) is 3.73. The van der Waals surface area contributed by atoms with E-state index in [4.69, 9.17) is 5.84 Å². The first-order valence-corrected chi connectivity index (χ1v) is 6.58. The molecule has 1 heterocycles. The summed E-state index contributed by atoms with van der Waals surface area (Å²) in [5.41, 5.74) is 3.07. The van der Waals surface area contributed by atoms with Crippen molar-refractivity contribution in [2.45, 2.75) is 4.90 Å². The van der Waals surface area contributed by atoms with Gasteiger partial charge in [0.1, 0.15) is 4.90 Å². The van der Waals surface area contributed by atoms with Gasteiger partial charge in [0.2, 0.25) is 0 Å². The summed E-state index contributed by atoms with van der Waals surface area (Å²) in [7, 11) is -1.99. The Balaban J connectivity index is 2.36. The number of hydrogen-bond acceptors (Lipinski definition) is 5. The molecule has 1 aromatic heterocycles. The molecule has 1 aromatic carbocycles. The molecule has 0 unspecified atom stereocenters. The number of nitrogens with zero attached hydrogens (tertiary/aromatic N) is 2. The Kier molecular flexibility index (Phi) is 3.21. The summed E-state index contributed by atoms with van der Waals surface area (Å²) < 4.78 is 28.2. The lowest BCUT2D eigenvalue weighted by atomic mass is 10.3. The van der Waals surface area contributed by atoms with Gasteiger partial charge in [-0.2, -0.15) is 5.10 Å². The molecule has 0 amide bonds. The molecule has 18 heavy (non-hydrogen) atoms. The minimum atomic E-state index is -3.69. The number of para-hydroxylation sites is 1. The van der Waals surface area contributed by atoms with Crippen LogP contribution in [0, 0.1) is 0 Å². The van der Waals surface area contributed by atoms with Gasteiger partial charge in [0.05, 0.1) is 17.6 Å². The van der Waals surface area contributed by atoms with E-state index in [1.807, 2.05) is 0 Å². The molecule has 2 aromatic rings. The fourth-order valence-corrected chi connectivity index (χ4v) is 2.70. The number of rotatable bonds is 4. The van der Waals surface area contributed by atoms with Crippen LogP contribution in [0.15, 0.2) is 41.6 Å². The largest absolute Gasteiger partial charge is 0.323 e. The van der Waals surface area contributed by atoms with Gasteiger partial charge in [0, 0.05) is 13.2 Å². The minimum absolute atomic E-state index is 0.0800. The van der Waals surface area contributed by atoms with Gasteiger partial charge in [-0.05, 0) is 12.1 Å². The first kappa shape index (κ1) is 12.4. The van der Waals surface area contributed by atoms with Gasteiger partial charge in [0.25, 0.3) is 10.0 Å². The van der Waals surface area contributed by atoms with E-state index in [2.05, 4.69) is 15.2 Å². The molecule has 0 spiro atoms. The summed E-state index contributed by atoms with van der Waals surface area (Å²) in [4.78, 5) is 0.0800. The van der Waals surface area contributed by atoms with Gasteiger partial charge < -0.3 is 5.43 Å². The lowest BCUT2D eigenvalue weighted by molar-refractivity contribution is 0.601. The average Bonchev–Trinajstić information content (AvgIpc) is 2.74. The second kappa shape index (κ2) is 4.67. The van der Waals surface area contributed by atoms with E-state index >= 15 is 0 Å². The fraction of sp³-hybridized carbons (Fsp3) is 0.100. The van der Waals surface area contributed by atoms with Crippen LogP contribution in [0.1, 0.15) is 0 Å². The number of nitrogens with two attached hydrogens (primary N) is 1. The molecule has 8 heteroatoms. The van der Waals surface area contributed by atoms with Crippen LogP contribution in [0.25, 0.3) is 0 Å². The van der Waals surface area contributed by atoms with Gasteiger partial charge in [0.15, 0.2) is 0 Å². The molecule has 0 aliphatic heterocycles. The van der Waals surface area contributed by atoms with E-state index in [-0.39, 0.29) is 4.90 Å². The average molecular weight is 267 g/mol. The number of aryl methyl sites for hydroxylation is 1. The standard InChI is InChI=1S/C10H13N5O2S/c1-15-7-8(6-12-15)14-18(16,17)10-5-3-2-4-9(10)13-11/h2-7,13-14H,11H2,1H3. The van der Waals surface area contributed by atoms with Gasteiger partial charge in [-0.15, -0.1) is 0 Å². The van der Waals surface area contributed by atoms with Crippen LogP contribution in [0.5, 0.6) is 0 Å². The lowest BCUT2D eigenvalue weighted by Gasteiger charge is -2.10. The highest BCUT2D eigenvalue weighted by Gasteiger charge is 2.18. The monoisotopic (exact) mass is 267 g/mol. The van der Waals surface area contributed by atoms with E-state index in [9.17, 15) is 8.42 Å². The molecule has 0 radical (unpaired) electrons. The lowest BCUT2D eigenvalue weighted by Crippen LogP contribution is -2.17. The maximum absolute atomic E-state index is 12.1. The van der Waals surface area contributed by atoms with E-state index in [1.165, 1.54) is 16.9 Å². The maximum Gasteiger partial charge on any atom is 0.264 e. The summed E-state index contributed by atoms with van der Waals surface area (Å²) in [5, 5.41) is 3.89. The normalized spacial score (nSPS) is 11.2. The number of sulfonamides is 1. The zero-order valence-corrected chi connectivity index (χ0v) is 10.5. The molecule has 0 aliphatic rings. The van der Waals surface area contributed by atoms with Crippen molar-refractivity contribution in [1.29, 1.82) is 0 Å². The highest BCUT2D eigenvalue weighted by molar-refractivity contribution is 7.92. The van der Waals surface area contributed by atoms with E-state index in [0.29, 0.717) is 11.4 Å². The number of aromatic nitrogens is 2. The number of hydrazine groups is 1. The van der Waals surface area contributed by atoms with Crippen molar-refractivity contribution in [2.75, 3.05) is 10.1 Å². The molecule has 2 rings (SSSR count). The van der Waals surface area contributed by atoms with Crippen molar-refractivity contribution in [2.24, 2.45) is 12.9 Å². The Morgan fingerprint density at radius 2 is 2.06 bits per heavy atom. The van der Waals surface area contributed by atoms with Crippen LogP contribution >= 0.6 is 0 Å². The molecule has 0 saturated carbocycles. The molecule has 7 nitrogen and oxygen atoms in total. The first-order chi connectivity index (χ1) is 8.53. The van der Waals surface area contributed by atoms with Crippen molar-refractivity contribution >= 4 is 21.4 Å². The maximum atomic E-state index is 12.1. The Hall–Kier alpha value is -2.06. The summed E-state index contributed by atoms with van der Waals surface area (Å²) >= 11 is 0. The molecule has 0 bridgehead atoms. The second-order valence-corrected chi connectivity index (χ2v) is 5.30. The van der Waals surface area contributed by atoms with E-state index < -0.39 is 10.0 Å². The Morgan fingerprint density at radius 3 is 2.67 bits per heavy atom. The van der Waals surface area contributed by atoms with Crippen LogP contribution in [-0.2, 0) is 17.1 Å². The number of benzene rings is 1. The second-order valence-electron chi connectivity index (χ2n) is 3.65. The topological polar surface area (TPSA) is 102 Å². The smallest absolute Gasteiger partial charge is 0.264 e. The van der Waals surface area contributed by atoms with E-state index in [0.717, 1.165) is 0 Å². The number of hydrogen-bond donors (Lipinski definition) is 3. The van der Waals surface area contributed by atoms with Crippen LogP contribution in [0.2, 0.25) is 0 Å². The van der Waals surface area contributed by atoms with Crippen LogP contribution in [0.4, 0.5) is 11.4 Å². The number of nitrogen functional groups attached to an aromatic ring is 1. The predicted octanol–water partition coefficient (Wildman–Crippen LogP) is 0.506. The van der Waals surface area contributed by atoms with Crippen molar-refractivity contribution in [3.8, 4) is 0 Å². The highest BCUT2D eigenvalue weighted by Crippen LogP contribution is 2.22. The fourth-order valence-electron chi connectivity index (χ4n) is 1.50. The molecule has 0 aliphatic carbocycles. The highest BCUT2D eigenvalue weighted by atomic mass is 32.2. The summed E-state index contributed by atoms with van der Waals surface area (Å²) in [6, 6.07) is 6.36. The molecular formula is C10H13N5O2S. The van der Waals surface area contributed by atoms with Crippen LogP contribution < -0.4 is 16.0 Å². The van der Waals surface area contributed by atoms with Gasteiger partial charge in [-0.3, -0.25) is 15.2 Å². The Bertz CT molecular complexity index is 650. The molecular weight excluding hydrogens is 254 g/mol. The van der Waals surface area contributed by atoms with Crippen LogP contribution in [0.3, 0.4) is 0 Å². The zero-order valence-electron chi connectivity index (χ0n) is 9.66. The first-order valence-electron chi connectivity index (χ1n) is 5.10. The predicted molar refractivity (Wildman–Crippen MR) is 68.3 cm³/mol. The molecule has 0 atom stereocenters. The zero-order chi connectivity index (χ0) is 13.2. The summed E-state index contributed by atoms with van der Waals surface area (Å²) in [5.74, 6) is 5.29. The molecule has 0 saturated heterocycles. The summed E-state index contributed by atoms with van der Waals surface area (Å²) in [6.45, 7) is 0. The van der Waals surface area contributed by atoms with Crippen molar-refractivity contribution in [3.63, 3.8) is 0 Å². The third-order valence-electron chi connectivity index (χ3n) is 2.29. The van der Waals surface area contributed by atoms with Gasteiger partial charge in [-0.25, -0.2) is 8.42 Å². The van der Waals surface area contributed by atoms with E-state index in [1.54, 1.807) is 31.4 Å².